The highest BCUT2D eigenvalue weighted by Gasteiger charge is 2.20. The molecule has 3 heteroatoms. The predicted molar refractivity (Wildman–Crippen MR) is 87.7 cm³/mol. The first-order chi connectivity index (χ1) is 9.47. The molecule has 1 aliphatic carbocycles. The molecule has 20 heavy (non-hydrogen) atoms. The molecule has 1 aromatic carbocycles. The molecule has 0 spiro atoms. The van der Waals surface area contributed by atoms with Gasteiger partial charge in [-0.05, 0) is 63.5 Å². The van der Waals surface area contributed by atoms with E-state index in [1.807, 2.05) is 13.8 Å². The van der Waals surface area contributed by atoms with Crippen LogP contribution in [-0.2, 0) is 0 Å². The first kappa shape index (κ1) is 15.6. The third-order valence-electron chi connectivity index (χ3n) is 4.23. The lowest BCUT2D eigenvalue weighted by Gasteiger charge is -2.25. The van der Waals surface area contributed by atoms with Crippen molar-refractivity contribution in [2.75, 3.05) is 6.54 Å². The monoisotopic (exact) mass is 337 g/mol. The average Bonchev–Trinajstić information content (AvgIpc) is 2.37. The van der Waals surface area contributed by atoms with Gasteiger partial charge in [0.25, 0.3) is 5.91 Å². The van der Waals surface area contributed by atoms with Crippen LogP contribution in [0.2, 0.25) is 0 Å². The molecule has 1 amide bonds. The Morgan fingerprint density at radius 3 is 2.25 bits per heavy atom. The molecule has 0 aliphatic heterocycles. The smallest absolute Gasteiger partial charge is 0.251 e. The maximum atomic E-state index is 12.4. The van der Waals surface area contributed by atoms with Crippen LogP contribution in [0, 0.1) is 26.7 Å². The van der Waals surface area contributed by atoms with E-state index in [0.29, 0.717) is 10.7 Å². The van der Waals surface area contributed by atoms with E-state index in [0.717, 1.165) is 23.2 Å². The topological polar surface area (TPSA) is 29.1 Å². The second kappa shape index (κ2) is 6.75. The summed E-state index contributed by atoms with van der Waals surface area (Å²) in [7, 11) is 0. The highest BCUT2D eigenvalue weighted by Crippen LogP contribution is 2.28. The molecular weight excluding hydrogens is 314 g/mol. The van der Waals surface area contributed by atoms with E-state index in [4.69, 9.17) is 0 Å². The summed E-state index contributed by atoms with van der Waals surface area (Å²) < 4.78 is 0. The van der Waals surface area contributed by atoms with Gasteiger partial charge in [0, 0.05) is 16.9 Å². The second-order valence-corrected chi connectivity index (χ2v) is 7.40. The largest absolute Gasteiger partial charge is 0.352 e. The molecular formula is C17H24BrNO. The third kappa shape index (κ3) is 3.85. The molecule has 0 aromatic heterocycles. The maximum Gasteiger partial charge on any atom is 0.251 e. The molecule has 1 aliphatic rings. The number of rotatable bonds is 3. The number of halogens is 1. The van der Waals surface area contributed by atoms with E-state index in [-0.39, 0.29) is 5.91 Å². The SMILES string of the molecule is Cc1cc(C)c(C(=O)NCC2CCC(Br)CC2)c(C)c1. The lowest BCUT2D eigenvalue weighted by atomic mass is 9.89. The molecule has 2 rings (SSSR count). The van der Waals surface area contributed by atoms with Crippen molar-refractivity contribution in [3.05, 3.63) is 34.4 Å². The van der Waals surface area contributed by atoms with Crippen molar-refractivity contribution in [1.82, 2.24) is 5.32 Å². The van der Waals surface area contributed by atoms with Crippen LogP contribution < -0.4 is 5.32 Å². The van der Waals surface area contributed by atoms with Crippen molar-refractivity contribution in [2.24, 2.45) is 5.92 Å². The third-order valence-corrected chi connectivity index (χ3v) is 5.15. The van der Waals surface area contributed by atoms with Gasteiger partial charge in [0.1, 0.15) is 0 Å². The molecule has 0 heterocycles. The van der Waals surface area contributed by atoms with E-state index >= 15 is 0 Å². The summed E-state index contributed by atoms with van der Waals surface area (Å²) in [4.78, 5) is 13.1. The molecule has 1 aromatic rings. The summed E-state index contributed by atoms with van der Waals surface area (Å²) in [6.07, 6.45) is 4.87. The van der Waals surface area contributed by atoms with Crippen LogP contribution in [0.1, 0.15) is 52.7 Å². The summed E-state index contributed by atoms with van der Waals surface area (Å²) in [5, 5.41) is 3.13. The van der Waals surface area contributed by atoms with E-state index in [2.05, 4.69) is 40.3 Å². The normalized spacial score (nSPS) is 22.6. The fourth-order valence-electron chi connectivity index (χ4n) is 3.19. The van der Waals surface area contributed by atoms with Crippen LogP contribution in [0.3, 0.4) is 0 Å². The zero-order valence-electron chi connectivity index (χ0n) is 12.6. The van der Waals surface area contributed by atoms with E-state index in [1.54, 1.807) is 0 Å². The van der Waals surface area contributed by atoms with Gasteiger partial charge < -0.3 is 5.32 Å². The Balaban J connectivity index is 1.95. The van der Waals surface area contributed by atoms with Gasteiger partial charge in [0.15, 0.2) is 0 Å². The second-order valence-electron chi connectivity index (χ2n) is 6.10. The van der Waals surface area contributed by atoms with Gasteiger partial charge in [-0.2, -0.15) is 0 Å². The van der Waals surface area contributed by atoms with Crippen molar-refractivity contribution in [1.29, 1.82) is 0 Å². The number of alkyl halides is 1. The predicted octanol–water partition coefficient (Wildman–Crippen LogP) is 4.30. The van der Waals surface area contributed by atoms with Crippen molar-refractivity contribution >= 4 is 21.8 Å². The Hall–Kier alpha value is -0.830. The van der Waals surface area contributed by atoms with Crippen LogP contribution in [0.4, 0.5) is 0 Å². The standard InChI is InChI=1S/C17H24BrNO/c1-11-8-12(2)16(13(3)9-11)17(20)19-10-14-4-6-15(18)7-5-14/h8-9,14-15H,4-7,10H2,1-3H3,(H,19,20). The fourth-order valence-corrected chi connectivity index (χ4v) is 3.72. The Labute approximate surface area is 130 Å². The van der Waals surface area contributed by atoms with Gasteiger partial charge in [-0.15, -0.1) is 0 Å². The number of hydrogen-bond acceptors (Lipinski definition) is 1. The van der Waals surface area contributed by atoms with Gasteiger partial charge in [0.05, 0.1) is 0 Å². The van der Waals surface area contributed by atoms with Gasteiger partial charge in [-0.1, -0.05) is 33.6 Å². The number of amides is 1. The molecule has 0 saturated heterocycles. The summed E-state index contributed by atoms with van der Waals surface area (Å²) in [5.74, 6) is 0.722. The van der Waals surface area contributed by atoms with Gasteiger partial charge >= 0.3 is 0 Å². The number of nitrogens with one attached hydrogen (secondary N) is 1. The van der Waals surface area contributed by atoms with Crippen LogP contribution in [0.25, 0.3) is 0 Å². The molecule has 1 fully saturated rings. The average molecular weight is 338 g/mol. The molecule has 0 bridgehead atoms. The minimum absolute atomic E-state index is 0.0842. The minimum Gasteiger partial charge on any atom is -0.352 e. The highest BCUT2D eigenvalue weighted by molar-refractivity contribution is 9.09. The summed E-state index contributed by atoms with van der Waals surface area (Å²) in [6, 6.07) is 4.16. The van der Waals surface area contributed by atoms with Crippen molar-refractivity contribution in [2.45, 2.75) is 51.3 Å². The number of aryl methyl sites for hydroxylation is 3. The zero-order chi connectivity index (χ0) is 14.7. The van der Waals surface area contributed by atoms with E-state index in [9.17, 15) is 4.79 Å². The first-order valence-corrected chi connectivity index (χ1v) is 8.39. The van der Waals surface area contributed by atoms with Gasteiger partial charge in [0.2, 0.25) is 0 Å². The lowest BCUT2D eigenvalue weighted by molar-refractivity contribution is 0.0942. The van der Waals surface area contributed by atoms with Crippen LogP contribution >= 0.6 is 15.9 Å². The number of carbonyl (C=O) groups excluding carboxylic acids is 1. The Morgan fingerprint density at radius 2 is 1.70 bits per heavy atom. The lowest BCUT2D eigenvalue weighted by Crippen LogP contribution is -2.32. The van der Waals surface area contributed by atoms with Gasteiger partial charge in [-0.25, -0.2) is 0 Å². The molecule has 1 saturated carbocycles. The molecule has 1 N–H and O–H groups in total. The molecule has 0 radical (unpaired) electrons. The molecule has 0 atom stereocenters. The molecule has 2 nitrogen and oxygen atoms in total. The maximum absolute atomic E-state index is 12.4. The van der Waals surface area contributed by atoms with Crippen molar-refractivity contribution in [3.8, 4) is 0 Å². The van der Waals surface area contributed by atoms with Crippen LogP contribution in [0.5, 0.6) is 0 Å². The fraction of sp³-hybridized carbons (Fsp3) is 0.588. The van der Waals surface area contributed by atoms with Crippen molar-refractivity contribution in [3.63, 3.8) is 0 Å². The van der Waals surface area contributed by atoms with E-state index < -0.39 is 0 Å². The van der Waals surface area contributed by atoms with Crippen LogP contribution in [-0.4, -0.2) is 17.3 Å². The number of benzene rings is 1. The minimum atomic E-state index is 0.0842. The Morgan fingerprint density at radius 1 is 1.15 bits per heavy atom. The van der Waals surface area contributed by atoms with E-state index in [1.165, 1.54) is 31.2 Å². The zero-order valence-corrected chi connectivity index (χ0v) is 14.2. The quantitative estimate of drug-likeness (QED) is 0.818. The van der Waals surface area contributed by atoms with Gasteiger partial charge in [-0.3, -0.25) is 4.79 Å². The number of hydrogen-bond donors (Lipinski definition) is 1. The summed E-state index contributed by atoms with van der Waals surface area (Å²) in [5.41, 5.74) is 4.21. The summed E-state index contributed by atoms with van der Waals surface area (Å²) >= 11 is 3.67. The number of carbonyl (C=O) groups is 1. The molecule has 0 unspecified atom stereocenters. The first-order valence-electron chi connectivity index (χ1n) is 7.47. The van der Waals surface area contributed by atoms with Crippen molar-refractivity contribution < 1.29 is 4.79 Å². The molecule has 110 valence electrons. The Bertz CT molecular complexity index is 467. The highest BCUT2D eigenvalue weighted by atomic mass is 79.9. The van der Waals surface area contributed by atoms with Crippen LogP contribution in [0.15, 0.2) is 12.1 Å². The Kier molecular flexibility index (Phi) is 5.25. The summed E-state index contributed by atoms with van der Waals surface area (Å²) in [6.45, 7) is 6.92.